The van der Waals surface area contributed by atoms with Crippen molar-refractivity contribution in [1.29, 1.82) is 0 Å². The van der Waals surface area contributed by atoms with Gasteiger partial charge in [0.05, 0.1) is 19.1 Å². The average molecular weight is 303 g/mol. The van der Waals surface area contributed by atoms with Crippen molar-refractivity contribution in [3.05, 3.63) is 35.6 Å². The van der Waals surface area contributed by atoms with Crippen molar-refractivity contribution in [3.8, 4) is 0 Å². The molecular formula is C14H20ClFN2O2. The van der Waals surface area contributed by atoms with Crippen LogP contribution in [0.2, 0.25) is 0 Å². The Kier molecular flexibility index (Phi) is 6.91. The van der Waals surface area contributed by atoms with E-state index >= 15 is 0 Å². The zero-order valence-electron chi connectivity index (χ0n) is 11.5. The first kappa shape index (κ1) is 16.9. The highest BCUT2D eigenvalue weighted by atomic mass is 35.5. The third-order valence-corrected chi connectivity index (χ3v) is 3.20. The molecule has 0 saturated carbocycles. The number of ether oxygens (including phenoxy) is 1. The van der Waals surface area contributed by atoms with Crippen LogP contribution in [0.4, 0.5) is 4.39 Å². The minimum atomic E-state index is -0.280. The summed E-state index contributed by atoms with van der Waals surface area (Å²) in [5.74, 6) is -0.310. The van der Waals surface area contributed by atoms with Gasteiger partial charge in [-0.2, -0.15) is 0 Å². The minimum absolute atomic E-state index is 0. The predicted molar refractivity (Wildman–Crippen MR) is 77.3 cm³/mol. The normalized spacial score (nSPS) is 18.2. The molecule has 1 saturated heterocycles. The second-order valence-electron chi connectivity index (χ2n) is 4.74. The van der Waals surface area contributed by atoms with E-state index < -0.39 is 0 Å². The van der Waals surface area contributed by atoms with Crippen LogP contribution in [0.15, 0.2) is 24.3 Å². The van der Waals surface area contributed by atoms with Crippen molar-refractivity contribution in [3.63, 3.8) is 0 Å². The molecular weight excluding hydrogens is 283 g/mol. The first-order valence-corrected chi connectivity index (χ1v) is 6.46. The number of carbonyl (C=O) groups is 1. The van der Waals surface area contributed by atoms with Gasteiger partial charge in [0, 0.05) is 32.2 Å². The number of morpholine rings is 1. The Morgan fingerprint density at radius 3 is 2.90 bits per heavy atom. The number of amides is 1. The quantitative estimate of drug-likeness (QED) is 0.918. The number of carbonyl (C=O) groups excluding carboxylic acids is 1. The Hall–Kier alpha value is -1.17. The Morgan fingerprint density at radius 1 is 1.50 bits per heavy atom. The summed E-state index contributed by atoms with van der Waals surface area (Å²) in [5, 5.41) is 3.18. The molecule has 0 radical (unpaired) electrons. The molecule has 2 rings (SSSR count). The lowest BCUT2D eigenvalue weighted by atomic mass is 10.1. The van der Waals surface area contributed by atoms with Crippen molar-refractivity contribution in [2.75, 3.05) is 26.7 Å². The number of halogens is 2. The fourth-order valence-electron chi connectivity index (χ4n) is 2.07. The summed E-state index contributed by atoms with van der Waals surface area (Å²) in [4.78, 5) is 13.6. The van der Waals surface area contributed by atoms with Gasteiger partial charge in [-0.3, -0.25) is 4.79 Å². The van der Waals surface area contributed by atoms with Gasteiger partial charge < -0.3 is 15.0 Å². The second-order valence-corrected chi connectivity index (χ2v) is 4.74. The van der Waals surface area contributed by atoms with Gasteiger partial charge in [0.1, 0.15) is 5.82 Å². The number of nitrogens with zero attached hydrogens (tertiary/aromatic N) is 1. The number of nitrogens with one attached hydrogen (secondary N) is 1. The highest BCUT2D eigenvalue weighted by Gasteiger charge is 2.20. The summed E-state index contributed by atoms with van der Waals surface area (Å²) in [6.45, 7) is 2.44. The lowest BCUT2D eigenvalue weighted by Crippen LogP contribution is -2.41. The first-order valence-electron chi connectivity index (χ1n) is 6.46. The molecule has 20 heavy (non-hydrogen) atoms. The molecule has 1 amide bonds. The van der Waals surface area contributed by atoms with E-state index in [1.54, 1.807) is 25.2 Å². The average Bonchev–Trinajstić information content (AvgIpc) is 2.42. The van der Waals surface area contributed by atoms with E-state index in [0.717, 1.165) is 6.54 Å². The van der Waals surface area contributed by atoms with Crippen LogP contribution >= 0.6 is 12.4 Å². The molecule has 1 atom stereocenters. The molecule has 1 aromatic carbocycles. The van der Waals surface area contributed by atoms with Crippen LogP contribution in [0, 0.1) is 5.82 Å². The summed E-state index contributed by atoms with van der Waals surface area (Å²) in [6, 6.07) is 6.51. The lowest BCUT2D eigenvalue weighted by molar-refractivity contribution is -0.134. The van der Waals surface area contributed by atoms with Gasteiger partial charge in [0.2, 0.25) is 5.91 Å². The van der Waals surface area contributed by atoms with Crippen LogP contribution in [0.3, 0.4) is 0 Å². The third-order valence-electron chi connectivity index (χ3n) is 3.20. The fourth-order valence-corrected chi connectivity index (χ4v) is 2.07. The Balaban J connectivity index is 0.00000200. The van der Waals surface area contributed by atoms with Gasteiger partial charge in [-0.25, -0.2) is 4.39 Å². The Morgan fingerprint density at radius 2 is 2.25 bits per heavy atom. The highest BCUT2D eigenvalue weighted by Crippen LogP contribution is 2.11. The summed E-state index contributed by atoms with van der Waals surface area (Å²) < 4.78 is 19.0. The van der Waals surface area contributed by atoms with E-state index in [4.69, 9.17) is 4.74 Å². The van der Waals surface area contributed by atoms with Crippen LogP contribution < -0.4 is 5.32 Å². The van der Waals surface area contributed by atoms with E-state index in [9.17, 15) is 9.18 Å². The number of hydrogen-bond acceptors (Lipinski definition) is 3. The summed E-state index contributed by atoms with van der Waals surface area (Å²) in [6.07, 6.45) is 0.252. The smallest absolute Gasteiger partial charge is 0.225 e. The third kappa shape index (κ3) is 4.74. The lowest BCUT2D eigenvalue weighted by Gasteiger charge is -2.25. The fraction of sp³-hybridized carbons (Fsp3) is 0.500. The van der Waals surface area contributed by atoms with Crippen LogP contribution in [-0.2, 0) is 16.1 Å². The van der Waals surface area contributed by atoms with Gasteiger partial charge in [-0.15, -0.1) is 12.4 Å². The maximum Gasteiger partial charge on any atom is 0.225 e. The van der Waals surface area contributed by atoms with E-state index in [1.807, 2.05) is 0 Å². The molecule has 1 unspecified atom stereocenters. The van der Waals surface area contributed by atoms with Gasteiger partial charge >= 0.3 is 0 Å². The number of hydrogen-bond donors (Lipinski definition) is 1. The molecule has 1 aliphatic rings. The molecule has 6 heteroatoms. The molecule has 1 heterocycles. The Bertz CT molecular complexity index is 439. The van der Waals surface area contributed by atoms with E-state index in [1.165, 1.54) is 11.0 Å². The van der Waals surface area contributed by atoms with E-state index in [2.05, 4.69) is 5.32 Å². The van der Waals surface area contributed by atoms with Gasteiger partial charge in [0.25, 0.3) is 0 Å². The predicted octanol–water partition coefficient (Wildman–Crippen LogP) is 1.58. The molecule has 4 nitrogen and oxygen atoms in total. The van der Waals surface area contributed by atoms with Crippen LogP contribution in [0.1, 0.15) is 12.0 Å². The number of rotatable bonds is 4. The topological polar surface area (TPSA) is 41.6 Å². The standard InChI is InChI=1S/C14H19FN2O2.ClH/c1-17(10-11-4-2-3-5-13(11)15)14(18)8-12-9-16-6-7-19-12;/h2-5,12,16H,6-10H2,1H3;1H. The number of benzene rings is 1. The van der Waals surface area contributed by atoms with Crippen LogP contribution in [0.5, 0.6) is 0 Å². The molecule has 1 aliphatic heterocycles. The van der Waals surface area contributed by atoms with Crippen molar-refractivity contribution >= 4 is 18.3 Å². The molecule has 1 aromatic rings. The molecule has 0 spiro atoms. The maximum atomic E-state index is 13.5. The highest BCUT2D eigenvalue weighted by molar-refractivity contribution is 5.85. The SMILES string of the molecule is CN(Cc1ccccc1F)C(=O)CC1CNCCO1.Cl. The van der Waals surface area contributed by atoms with Crippen LogP contribution in [0.25, 0.3) is 0 Å². The minimum Gasteiger partial charge on any atom is -0.375 e. The first-order chi connectivity index (χ1) is 9.16. The maximum absolute atomic E-state index is 13.5. The summed E-state index contributed by atoms with van der Waals surface area (Å²) in [5.41, 5.74) is 0.529. The van der Waals surface area contributed by atoms with Crippen LogP contribution in [-0.4, -0.2) is 43.7 Å². The summed E-state index contributed by atoms with van der Waals surface area (Å²) in [7, 11) is 1.69. The summed E-state index contributed by atoms with van der Waals surface area (Å²) >= 11 is 0. The van der Waals surface area contributed by atoms with Crippen molar-refractivity contribution in [2.24, 2.45) is 0 Å². The molecule has 1 fully saturated rings. The molecule has 0 bridgehead atoms. The molecule has 112 valence electrons. The zero-order chi connectivity index (χ0) is 13.7. The van der Waals surface area contributed by atoms with Gasteiger partial charge in [-0.05, 0) is 6.07 Å². The van der Waals surface area contributed by atoms with Gasteiger partial charge in [0.15, 0.2) is 0 Å². The second kappa shape index (κ2) is 8.19. The van der Waals surface area contributed by atoms with E-state index in [-0.39, 0.29) is 36.8 Å². The monoisotopic (exact) mass is 302 g/mol. The molecule has 0 aliphatic carbocycles. The largest absolute Gasteiger partial charge is 0.375 e. The van der Waals surface area contributed by atoms with Crippen molar-refractivity contribution in [1.82, 2.24) is 10.2 Å². The van der Waals surface area contributed by atoms with E-state index in [0.29, 0.717) is 25.1 Å². The zero-order valence-corrected chi connectivity index (χ0v) is 12.3. The van der Waals surface area contributed by atoms with Crippen molar-refractivity contribution in [2.45, 2.75) is 19.1 Å². The Labute approximate surface area is 124 Å². The van der Waals surface area contributed by atoms with Crippen molar-refractivity contribution < 1.29 is 13.9 Å². The van der Waals surface area contributed by atoms with Gasteiger partial charge in [-0.1, -0.05) is 18.2 Å². The molecule has 0 aromatic heterocycles. The molecule has 1 N–H and O–H groups in total.